The Morgan fingerprint density at radius 2 is 2.04 bits per heavy atom. The van der Waals surface area contributed by atoms with Crippen LogP contribution in [0, 0.1) is 5.92 Å². The fourth-order valence-electron chi connectivity index (χ4n) is 3.18. The van der Waals surface area contributed by atoms with Crippen molar-refractivity contribution in [2.75, 3.05) is 19.8 Å². The summed E-state index contributed by atoms with van der Waals surface area (Å²) >= 11 is 0. The number of benzene rings is 2. The van der Waals surface area contributed by atoms with Gasteiger partial charge in [0.05, 0.1) is 6.61 Å². The molecule has 1 heterocycles. The van der Waals surface area contributed by atoms with Crippen LogP contribution in [0.15, 0.2) is 66.8 Å². The number of amides is 1. The minimum absolute atomic E-state index is 0.0299. The van der Waals surface area contributed by atoms with Crippen molar-refractivity contribution in [3.05, 3.63) is 72.3 Å². The molecule has 1 N–H and O–H groups in total. The van der Waals surface area contributed by atoms with Crippen LogP contribution >= 0.6 is 0 Å². The molecule has 3 nitrogen and oxygen atoms in total. The van der Waals surface area contributed by atoms with Crippen molar-refractivity contribution in [2.24, 2.45) is 5.92 Å². The highest BCUT2D eigenvalue weighted by molar-refractivity contribution is 5.87. The summed E-state index contributed by atoms with van der Waals surface area (Å²) < 4.78 is 5.30. The van der Waals surface area contributed by atoms with E-state index in [1.807, 2.05) is 12.2 Å². The molecule has 3 rings (SSSR count). The third kappa shape index (κ3) is 5.85. The zero-order chi connectivity index (χ0) is 18.0. The molecule has 1 amide bonds. The number of fused-ring (bicyclic) bond motifs is 1. The van der Waals surface area contributed by atoms with E-state index in [4.69, 9.17) is 4.74 Å². The second-order valence-corrected chi connectivity index (χ2v) is 6.84. The van der Waals surface area contributed by atoms with Gasteiger partial charge in [-0.3, -0.25) is 4.79 Å². The first-order valence-corrected chi connectivity index (χ1v) is 9.48. The molecule has 3 heteroatoms. The van der Waals surface area contributed by atoms with E-state index in [1.165, 1.54) is 16.3 Å². The van der Waals surface area contributed by atoms with Crippen molar-refractivity contribution in [1.82, 2.24) is 5.32 Å². The normalized spacial score (nSPS) is 17.5. The van der Waals surface area contributed by atoms with Gasteiger partial charge >= 0.3 is 0 Å². The molecule has 0 radical (unpaired) electrons. The molecule has 0 aliphatic carbocycles. The fourth-order valence-corrected chi connectivity index (χ4v) is 3.18. The number of hydrogen-bond donors (Lipinski definition) is 1. The third-order valence-corrected chi connectivity index (χ3v) is 4.73. The van der Waals surface area contributed by atoms with E-state index in [0.29, 0.717) is 12.5 Å². The van der Waals surface area contributed by atoms with Crippen molar-refractivity contribution in [3.8, 4) is 0 Å². The van der Waals surface area contributed by atoms with Gasteiger partial charge in [-0.2, -0.15) is 0 Å². The molecule has 1 saturated heterocycles. The van der Waals surface area contributed by atoms with Crippen LogP contribution in [-0.2, 0) is 16.0 Å². The van der Waals surface area contributed by atoms with Gasteiger partial charge < -0.3 is 10.1 Å². The third-order valence-electron chi connectivity index (χ3n) is 4.73. The van der Waals surface area contributed by atoms with Crippen LogP contribution in [0.3, 0.4) is 0 Å². The second-order valence-electron chi connectivity index (χ2n) is 6.84. The van der Waals surface area contributed by atoms with E-state index in [2.05, 4.69) is 53.9 Å². The lowest BCUT2D eigenvalue weighted by Gasteiger charge is -2.06. The van der Waals surface area contributed by atoms with Crippen LogP contribution in [0.4, 0.5) is 0 Å². The van der Waals surface area contributed by atoms with E-state index in [1.54, 1.807) is 6.08 Å². The Hall–Kier alpha value is -2.39. The van der Waals surface area contributed by atoms with Crippen LogP contribution in [0.1, 0.15) is 24.8 Å². The van der Waals surface area contributed by atoms with Crippen LogP contribution in [0.5, 0.6) is 0 Å². The Balaban J connectivity index is 1.32. The standard InChI is InChI=1S/C23H27NO2/c25-23(24-17-20-14-15-26-18-20)11-5-3-1-2-4-8-19-12-13-21-9-6-7-10-22(21)16-19/h1,3,5-7,9-13,16,20H,2,4,8,14-15,17-18H2,(H,24,25). The van der Waals surface area contributed by atoms with Crippen molar-refractivity contribution < 1.29 is 9.53 Å². The fraction of sp³-hybridized carbons (Fsp3) is 0.348. The molecule has 136 valence electrons. The molecule has 1 unspecified atom stereocenters. The number of nitrogens with one attached hydrogen (secondary N) is 1. The average Bonchev–Trinajstić information content (AvgIpc) is 3.19. The number of ether oxygens (including phenoxy) is 1. The summed E-state index contributed by atoms with van der Waals surface area (Å²) in [6, 6.07) is 15.1. The molecule has 1 aliphatic rings. The van der Waals surface area contributed by atoms with Crippen molar-refractivity contribution in [1.29, 1.82) is 0 Å². The lowest BCUT2D eigenvalue weighted by atomic mass is 10.0. The van der Waals surface area contributed by atoms with E-state index >= 15 is 0 Å². The molecule has 0 saturated carbocycles. The quantitative estimate of drug-likeness (QED) is 0.435. The van der Waals surface area contributed by atoms with Crippen LogP contribution in [-0.4, -0.2) is 25.7 Å². The summed E-state index contributed by atoms with van der Waals surface area (Å²) in [6.45, 7) is 2.29. The summed E-state index contributed by atoms with van der Waals surface area (Å²) in [6.07, 6.45) is 11.7. The Bertz CT molecular complexity index is 773. The number of aryl methyl sites for hydroxylation is 1. The highest BCUT2D eigenvalue weighted by Gasteiger charge is 2.15. The van der Waals surface area contributed by atoms with Gasteiger partial charge in [0.25, 0.3) is 0 Å². The van der Waals surface area contributed by atoms with E-state index < -0.39 is 0 Å². The molecule has 1 aliphatic heterocycles. The minimum atomic E-state index is -0.0299. The molecule has 2 aromatic rings. The Morgan fingerprint density at radius 1 is 1.15 bits per heavy atom. The second kappa shape index (κ2) is 9.93. The molecular weight excluding hydrogens is 322 g/mol. The van der Waals surface area contributed by atoms with Gasteiger partial charge in [0, 0.05) is 25.1 Å². The first kappa shape index (κ1) is 18.4. The van der Waals surface area contributed by atoms with Crippen molar-refractivity contribution in [2.45, 2.75) is 25.7 Å². The number of carbonyl (C=O) groups is 1. The summed E-state index contributed by atoms with van der Waals surface area (Å²) in [5.74, 6) is 0.440. The number of hydrogen-bond acceptors (Lipinski definition) is 2. The summed E-state index contributed by atoms with van der Waals surface area (Å²) in [4.78, 5) is 11.7. The van der Waals surface area contributed by atoms with Crippen LogP contribution in [0.25, 0.3) is 10.8 Å². The van der Waals surface area contributed by atoms with Gasteiger partial charge in [0.15, 0.2) is 0 Å². The number of carbonyl (C=O) groups excluding carboxylic acids is 1. The Morgan fingerprint density at radius 3 is 2.88 bits per heavy atom. The Kier molecular flexibility index (Phi) is 7.03. The zero-order valence-electron chi connectivity index (χ0n) is 15.2. The molecule has 1 fully saturated rings. The smallest absolute Gasteiger partial charge is 0.243 e. The van der Waals surface area contributed by atoms with Crippen molar-refractivity contribution >= 4 is 16.7 Å². The summed E-state index contributed by atoms with van der Waals surface area (Å²) in [5, 5.41) is 5.52. The predicted octanol–water partition coefficient (Wildman–Crippen LogP) is 4.43. The van der Waals surface area contributed by atoms with Crippen molar-refractivity contribution in [3.63, 3.8) is 0 Å². The number of rotatable bonds is 8. The SMILES string of the molecule is O=C(C=CC=CCCCc1ccc2ccccc2c1)NCC1CCOC1. The lowest BCUT2D eigenvalue weighted by molar-refractivity contribution is -0.116. The van der Waals surface area contributed by atoms with Gasteiger partial charge in [0.2, 0.25) is 5.91 Å². The monoisotopic (exact) mass is 349 g/mol. The maximum absolute atomic E-state index is 11.7. The first-order valence-electron chi connectivity index (χ1n) is 9.48. The summed E-state index contributed by atoms with van der Waals surface area (Å²) in [5.41, 5.74) is 1.38. The first-order chi connectivity index (χ1) is 12.8. The Labute approximate surface area is 155 Å². The molecule has 26 heavy (non-hydrogen) atoms. The molecule has 2 aromatic carbocycles. The van der Waals surface area contributed by atoms with Crippen LogP contribution < -0.4 is 5.32 Å². The number of unbranched alkanes of at least 4 members (excludes halogenated alkanes) is 1. The molecule has 0 bridgehead atoms. The zero-order valence-corrected chi connectivity index (χ0v) is 15.2. The summed E-state index contributed by atoms with van der Waals surface area (Å²) in [7, 11) is 0. The maximum Gasteiger partial charge on any atom is 0.243 e. The molecular formula is C23H27NO2. The highest BCUT2D eigenvalue weighted by atomic mass is 16.5. The van der Waals surface area contributed by atoms with Gasteiger partial charge in [-0.1, -0.05) is 60.7 Å². The van der Waals surface area contributed by atoms with E-state index in [-0.39, 0.29) is 5.91 Å². The number of allylic oxidation sites excluding steroid dienone is 3. The van der Waals surface area contributed by atoms with Crippen LogP contribution in [0.2, 0.25) is 0 Å². The minimum Gasteiger partial charge on any atom is -0.381 e. The van der Waals surface area contributed by atoms with Gasteiger partial charge in [-0.25, -0.2) is 0 Å². The lowest BCUT2D eigenvalue weighted by Crippen LogP contribution is -2.27. The molecule has 0 spiro atoms. The van der Waals surface area contributed by atoms with Gasteiger partial charge in [-0.05, 0) is 42.0 Å². The maximum atomic E-state index is 11.7. The topological polar surface area (TPSA) is 38.3 Å². The molecule has 0 aromatic heterocycles. The van der Waals surface area contributed by atoms with E-state index in [9.17, 15) is 4.79 Å². The molecule has 1 atom stereocenters. The predicted molar refractivity (Wildman–Crippen MR) is 107 cm³/mol. The average molecular weight is 349 g/mol. The largest absolute Gasteiger partial charge is 0.381 e. The highest BCUT2D eigenvalue weighted by Crippen LogP contribution is 2.17. The van der Waals surface area contributed by atoms with Gasteiger partial charge in [-0.15, -0.1) is 0 Å². The van der Waals surface area contributed by atoms with E-state index in [0.717, 1.165) is 38.9 Å². The van der Waals surface area contributed by atoms with Gasteiger partial charge in [0.1, 0.15) is 0 Å².